The van der Waals surface area contributed by atoms with E-state index in [9.17, 15) is 4.79 Å². The minimum Gasteiger partial charge on any atom is -0.481 e. The second kappa shape index (κ2) is 7.71. The van der Waals surface area contributed by atoms with E-state index in [2.05, 4.69) is 37.4 Å². The van der Waals surface area contributed by atoms with Crippen LogP contribution in [-0.4, -0.2) is 59.2 Å². The first-order valence-electron chi connectivity index (χ1n) is 9.65. The van der Waals surface area contributed by atoms with Gasteiger partial charge in [0.1, 0.15) is 12.1 Å². The molecule has 3 fully saturated rings. The summed E-state index contributed by atoms with van der Waals surface area (Å²) in [6.45, 7) is 6.38. The highest BCUT2D eigenvalue weighted by atomic mass is 16.5. The quantitative estimate of drug-likeness (QED) is 0.825. The van der Waals surface area contributed by atoms with Crippen molar-refractivity contribution in [2.75, 3.05) is 38.6 Å². The number of nitrogens with one attached hydrogen (secondary N) is 2. The first-order chi connectivity index (χ1) is 13.6. The van der Waals surface area contributed by atoms with Crippen molar-refractivity contribution in [3.8, 4) is 17.1 Å². The molecule has 8 heteroatoms. The normalized spacial score (nSPS) is 25.9. The number of piperidine rings is 3. The van der Waals surface area contributed by atoms with E-state index in [0.717, 1.165) is 12.1 Å². The predicted molar refractivity (Wildman–Crippen MR) is 106 cm³/mol. The van der Waals surface area contributed by atoms with Crippen molar-refractivity contribution in [3.05, 3.63) is 30.7 Å². The Labute approximate surface area is 164 Å². The average molecular weight is 382 g/mol. The lowest BCUT2D eigenvalue weighted by Crippen LogP contribution is -2.57. The lowest BCUT2D eigenvalue weighted by molar-refractivity contribution is -0.0140. The molecule has 2 bridgehead atoms. The van der Waals surface area contributed by atoms with Crippen LogP contribution in [0, 0.1) is 11.3 Å². The molecule has 2 aromatic rings. The van der Waals surface area contributed by atoms with Crippen molar-refractivity contribution in [1.82, 2.24) is 25.2 Å². The molecule has 3 aliphatic heterocycles. The molecule has 0 unspecified atom stereocenters. The maximum Gasteiger partial charge on any atom is 0.320 e. The van der Waals surface area contributed by atoms with Gasteiger partial charge in [0.15, 0.2) is 0 Å². The molecule has 0 saturated carbocycles. The molecule has 8 nitrogen and oxygen atoms in total. The number of pyridine rings is 1. The van der Waals surface area contributed by atoms with Gasteiger partial charge in [-0.3, -0.25) is 5.32 Å². The summed E-state index contributed by atoms with van der Waals surface area (Å²) < 4.78 is 5.07. The van der Waals surface area contributed by atoms with Gasteiger partial charge in [0.05, 0.1) is 12.8 Å². The van der Waals surface area contributed by atoms with Crippen LogP contribution >= 0.6 is 0 Å². The number of amides is 2. The van der Waals surface area contributed by atoms with Crippen LogP contribution in [0.5, 0.6) is 5.88 Å². The fourth-order valence-electron chi connectivity index (χ4n) is 4.31. The molecule has 148 valence electrons. The van der Waals surface area contributed by atoms with Gasteiger partial charge in [0, 0.05) is 42.4 Å². The summed E-state index contributed by atoms with van der Waals surface area (Å²) in [5.74, 6) is 1.68. The number of fused-ring (bicyclic) bond motifs is 3. The molecule has 5 heterocycles. The van der Waals surface area contributed by atoms with E-state index in [4.69, 9.17) is 4.74 Å². The highest BCUT2D eigenvalue weighted by Gasteiger charge is 2.43. The van der Waals surface area contributed by atoms with Crippen LogP contribution in [0.3, 0.4) is 0 Å². The summed E-state index contributed by atoms with van der Waals surface area (Å²) in [6, 6.07) is 5.13. The number of nitrogens with zero attached hydrogens (tertiary/aromatic N) is 4. The lowest BCUT2D eigenvalue weighted by Gasteiger charge is -2.51. The molecular weight excluding hydrogens is 356 g/mol. The molecule has 5 rings (SSSR count). The Morgan fingerprint density at radius 3 is 2.75 bits per heavy atom. The van der Waals surface area contributed by atoms with Crippen molar-refractivity contribution in [1.29, 1.82) is 0 Å². The van der Waals surface area contributed by atoms with E-state index < -0.39 is 0 Å². The third-order valence-corrected chi connectivity index (χ3v) is 5.96. The van der Waals surface area contributed by atoms with Gasteiger partial charge < -0.3 is 15.0 Å². The Balaban J connectivity index is 1.37. The summed E-state index contributed by atoms with van der Waals surface area (Å²) in [6.07, 6.45) is 5.57. The summed E-state index contributed by atoms with van der Waals surface area (Å²) in [5, 5.41) is 5.85. The Bertz CT molecular complexity index is 835. The maximum absolute atomic E-state index is 12.4. The molecule has 2 N–H and O–H groups in total. The van der Waals surface area contributed by atoms with E-state index in [-0.39, 0.29) is 11.4 Å². The molecule has 3 aliphatic rings. The van der Waals surface area contributed by atoms with Crippen LogP contribution in [0.25, 0.3) is 11.3 Å². The number of rotatable bonds is 5. The van der Waals surface area contributed by atoms with Gasteiger partial charge in [0.25, 0.3) is 0 Å². The number of hydrogen-bond donors (Lipinski definition) is 2. The smallest absolute Gasteiger partial charge is 0.320 e. The predicted octanol–water partition coefficient (Wildman–Crippen LogP) is 2.40. The first kappa shape index (κ1) is 18.6. The molecule has 0 aromatic carbocycles. The standard InChI is InChI=1S/C20H26N6O2/c1-20(12-26-7-5-15(20)6-8-26)11-22-19(27)25-17-9-16(23-13-24-17)14-3-4-18(28-2)21-10-14/h3-4,9-10,13,15H,5-8,11-12H2,1-2H3,(H2,22,23,24,25,27)/t20-/m1/s1. The lowest BCUT2D eigenvalue weighted by atomic mass is 9.68. The third kappa shape index (κ3) is 3.91. The number of carbonyl (C=O) groups is 1. The third-order valence-electron chi connectivity index (χ3n) is 5.96. The van der Waals surface area contributed by atoms with E-state index in [1.165, 1.54) is 32.3 Å². The molecule has 3 saturated heterocycles. The summed E-state index contributed by atoms with van der Waals surface area (Å²) in [5.41, 5.74) is 1.65. The number of ether oxygens (including phenoxy) is 1. The second-order valence-electron chi connectivity index (χ2n) is 7.89. The molecule has 0 aliphatic carbocycles. The van der Waals surface area contributed by atoms with Crippen molar-refractivity contribution in [2.24, 2.45) is 11.3 Å². The highest BCUT2D eigenvalue weighted by Crippen LogP contribution is 2.41. The zero-order chi connectivity index (χ0) is 19.6. The molecule has 2 aromatic heterocycles. The molecule has 28 heavy (non-hydrogen) atoms. The van der Waals surface area contributed by atoms with Crippen molar-refractivity contribution < 1.29 is 9.53 Å². The fourth-order valence-corrected chi connectivity index (χ4v) is 4.31. The summed E-state index contributed by atoms with van der Waals surface area (Å²) >= 11 is 0. The topological polar surface area (TPSA) is 92.3 Å². The van der Waals surface area contributed by atoms with Gasteiger partial charge in [-0.2, -0.15) is 0 Å². The largest absolute Gasteiger partial charge is 0.481 e. The van der Waals surface area contributed by atoms with Gasteiger partial charge in [0.2, 0.25) is 5.88 Å². The van der Waals surface area contributed by atoms with Crippen LogP contribution in [-0.2, 0) is 0 Å². The minimum atomic E-state index is -0.241. The number of methoxy groups -OCH3 is 1. The SMILES string of the molecule is COc1ccc(-c2cc(NC(=O)NC[C@]3(C)CN4CCC3CC4)ncn2)cn1. The summed E-state index contributed by atoms with van der Waals surface area (Å²) in [4.78, 5) is 27.5. The highest BCUT2D eigenvalue weighted by molar-refractivity contribution is 5.88. The van der Waals surface area contributed by atoms with Crippen LogP contribution in [0.15, 0.2) is 30.7 Å². The minimum absolute atomic E-state index is 0.138. The summed E-state index contributed by atoms with van der Waals surface area (Å²) in [7, 11) is 1.57. The van der Waals surface area contributed by atoms with Gasteiger partial charge in [-0.1, -0.05) is 6.92 Å². The second-order valence-corrected chi connectivity index (χ2v) is 7.89. The molecule has 0 radical (unpaired) electrons. The van der Waals surface area contributed by atoms with Gasteiger partial charge in [-0.25, -0.2) is 19.7 Å². The molecule has 0 spiro atoms. The van der Waals surface area contributed by atoms with Crippen LogP contribution in [0.4, 0.5) is 10.6 Å². The van der Waals surface area contributed by atoms with Gasteiger partial charge in [-0.05, 0) is 37.9 Å². The monoisotopic (exact) mass is 382 g/mol. The van der Waals surface area contributed by atoms with Crippen molar-refractivity contribution >= 4 is 11.8 Å². The van der Waals surface area contributed by atoms with E-state index in [1.54, 1.807) is 25.4 Å². The van der Waals surface area contributed by atoms with Crippen LogP contribution in [0.1, 0.15) is 19.8 Å². The maximum atomic E-state index is 12.4. The average Bonchev–Trinajstić information content (AvgIpc) is 2.73. The Hall–Kier alpha value is -2.74. The molecule has 1 atom stereocenters. The number of urea groups is 1. The van der Waals surface area contributed by atoms with Gasteiger partial charge in [-0.15, -0.1) is 0 Å². The number of hydrogen-bond acceptors (Lipinski definition) is 6. The number of aromatic nitrogens is 3. The Kier molecular flexibility index (Phi) is 5.13. The Morgan fingerprint density at radius 2 is 2.11 bits per heavy atom. The van der Waals surface area contributed by atoms with Crippen molar-refractivity contribution in [3.63, 3.8) is 0 Å². The number of carbonyl (C=O) groups excluding carboxylic acids is 1. The Morgan fingerprint density at radius 1 is 1.29 bits per heavy atom. The van der Waals surface area contributed by atoms with E-state index >= 15 is 0 Å². The zero-order valence-corrected chi connectivity index (χ0v) is 16.3. The van der Waals surface area contributed by atoms with E-state index in [1.807, 2.05) is 6.07 Å². The van der Waals surface area contributed by atoms with E-state index in [0.29, 0.717) is 29.9 Å². The molecule has 2 amide bonds. The van der Waals surface area contributed by atoms with Gasteiger partial charge >= 0.3 is 6.03 Å². The number of anilines is 1. The first-order valence-corrected chi connectivity index (χ1v) is 9.65. The molecular formula is C20H26N6O2. The zero-order valence-electron chi connectivity index (χ0n) is 16.3. The van der Waals surface area contributed by atoms with Crippen LogP contribution in [0.2, 0.25) is 0 Å². The van der Waals surface area contributed by atoms with Crippen molar-refractivity contribution in [2.45, 2.75) is 19.8 Å². The van der Waals surface area contributed by atoms with Crippen LogP contribution < -0.4 is 15.4 Å². The fraction of sp³-hybridized carbons (Fsp3) is 0.500.